The van der Waals surface area contributed by atoms with Crippen LogP contribution in [-0.4, -0.2) is 13.0 Å². The number of benzene rings is 1. The maximum Gasteiger partial charge on any atom is 0.228 e. The number of anilines is 1. The van der Waals surface area contributed by atoms with Gasteiger partial charge in [-0.3, -0.25) is 4.79 Å². The highest BCUT2D eigenvalue weighted by Crippen LogP contribution is 2.35. The normalized spacial score (nSPS) is 15.2. The van der Waals surface area contributed by atoms with E-state index in [1.807, 2.05) is 25.2 Å². The molecule has 1 aliphatic rings. The zero-order chi connectivity index (χ0) is 13.4. The third-order valence-electron chi connectivity index (χ3n) is 3.32. The lowest BCUT2D eigenvalue weighted by Crippen LogP contribution is -2.17. The topological polar surface area (TPSA) is 54.3 Å². The minimum absolute atomic E-state index is 0.00698. The summed E-state index contributed by atoms with van der Waals surface area (Å²) < 4.78 is 5.12. The molecule has 19 heavy (non-hydrogen) atoms. The number of nitrogens with one attached hydrogen (secondary N) is 2. The van der Waals surface area contributed by atoms with Crippen LogP contribution in [0.4, 0.5) is 5.69 Å². The molecule has 1 aliphatic heterocycles. The molecule has 1 aromatic carbocycles. The molecule has 1 aromatic heterocycles. The van der Waals surface area contributed by atoms with Gasteiger partial charge in [0.2, 0.25) is 5.91 Å². The first-order valence-corrected chi connectivity index (χ1v) is 6.38. The van der Waals surface area contributed by atoms with Gasteiger partial charge in [0.15, 0.2) is 0 Å². The number of rotatable bonds is 3. The first-order valence-electron chi connectivity index (χ1n) is 6.00. The lowest BCUT2D eigenvalue weighted by Gasteiger charge is -2.17. The number of halogens is 1. The summed E-state index contributed by atoms with van der Waals surface area (Å²) in [6.07, 6.45) is 3.72. The predicted octanol–water partition coefficient (Wildman–Crippen LogP) is 2.74. The van der Waals surface area contributed by atoms with Crippen molar-refractivity contribution >= 4 is 23.2 Å². The minimum Gasteiger partial charge on any atom is -0.472 e. The van der Waals surface area contributed by atoms with Crippen molar-refractivity contribution in [2.24, 2.45) is 0 Å². The molecular weight excluding hydrogens is 264 g/mol. The Hall–Kier alpha value is -1.78. The Morgan fingerprint density at radius 1 is 1.47 bits per heavy atom. The molecule has 2 heterocycles. The molecule has 1 amide bonds. The van der Waals surface area contributed by atoms with E-state index in [4.69, 9.17) is 16.0 Å². The maximum atomic E-state index is 11.4. The quantitative estimate of drug-likeness (QED) is 0.906. The molecule has 1 atom stereocenters. The SMILES string of the molecule is CNC(c1ccoc1)c1cc2c(cc1Cl)NC(=O)C2. The standard InChI is InChI=1S/C14H13ClN2O2/c1-16-14(8-2-3-19-7-8)10-4-9-5-13(18)17-12(9)6-11(10)15/h2-4,6-7,14,16H,5H2,1H3,(H,17,18). The highest BCUT2D eigenvalue weighted by Gasteiger charge is 2.23. The third kappa shape index (κ3) is 2.13. The van der Waals surface area contributed by atoms with Gasteiger partial charge in [-0.25, -0.2) is 0 Å². The second-order valence-corrected chi connectivity index (χ2v) is 4.94. The van der Waals surface area contributed by atoms with E-state index in [2.05, 4.69) is 10.6 Å². The minimum atomic E-state index is -0.0488. The largest absolute Gasteiger partial charge is 0.472 e. The first-order chi connectivity index (χ1) is 9.19. The fourth-order valence-corrected chi connectivity index (χ4v) is 2.70. The summed E-state index contributed by atoms with van der Waals surface area (Å²) in [6.45, 7) is 0. The number of carbonyl (C=O) groups is 1. The van der Waals surface area contributed by atoms with Crippen molar-refractivity contribution in [1.82, 2.24) is 5.32 Å². The van der Waals surface area contributed by atoms with Gasteiger partial charge >= 0.3 is 0 Å². The van der Waals surface area contributed by atoms with Crippen molar-refractivity contribution in [3.8, 4) is 0 Å². The molecule has 2 N–H and O–H groups in total. The van der Waals surface area contributed by atoms with Gasteiger partial charge in [-0.1, -0.05) is 11.6 Å². The number of hydrogen-bond acceptors (Lipinski definition) is 3. The second-order valence-electron chi connectivity index (χ2n) is 4.53. The van der Waals surface area contributed by atoms with E-state index in [1.54, 1.807) is 12.5 Å². The number of hydrogen-bond donors (Lipinski definition) is 2. The van der Waals surface area contributed by atoms with E-state index in [0.717, 1.165) is 22.4 Å². The van der Waals surface area contributed by atoms with Crippen LogP contribution in [0, 0.1) is 0 Å². The highest BCUT2D eigenvalue weighted by atomic mass is 35.5. The molecule has 5 heteroatoms. The molecule has 0 bridgehead atoms. The summed E-state index contributed by atoms with van der Waals surface area (Å²) in [5.74, 6) is 0.00698. The fraction of sp³-hybridized carbons (Fsp3) is 0.214. The van der Waals surface area contributed by atoms with Crippen LogP contribution in [0.25, 0.3) is 0 Å². The molecule has 3 rings (SSSR count). The molecule has 0 saturated carbocycles. The second kappa shape index (κ2) is 4.72. The average molecular weight is 277 g/mol. The van der Waals surface area contributed by atoms with E-state index in [0.29, 0.717) is 11.4 Å². The number of fused-ring (bicyclic) bond motifs is 1. The first kappa shape index (κ1) is 12.3. The van der Waals surface area contributed by atoms with Crippen molar-refractivity contribution in [3.63, 3.8) is 0 Å². The Kier molecular flexibility index (Phi) is 3.05. The van der Waals surface area contributed by atoms with Gasteiger partial charge in [0, 0.05) is 16.3 Å². The van der Waals surface area contributed by atoms with Gasteiger partial charge in [-0.15, -0.1) is 0 Å². The van der Waals surface area contributed by atoms with Gasteiger partial charge in [0.25, 0.3) is 0 Å². The van der Waals surface area contributed by atoms with E-state index in [9.17, 15) is 4.79 Å². The molecular formula is C14H13ClN2O2. The van der Waals surface area contributed by atoms with Crippen LogP contribution in [0.5, 0.6) is 0 Å². The van der Waals surface area contributed by atoms with Gasteiger partial charge in [-0.2, -0.15) is 0 Å². The van der Waals surface area contributed by atoms with Crippen molar-refractivity contribution in [2.45, 2.75) is 12.5 Å². The summed E-state index contributed by atoms with van der Waals surface area (Å²) in [5.41, 5.74) is 3.73. The molecule has 0 aliphatic carbocycles. The van der Waals surface area contributed by atoms with E-state index >= 15 is 0 Å². The fourth-order valence-electron chi connectivity index (χ4n) is 2.43. The summed E-state index contributed by atoms with van der Waals surface area (Å²) in [6, 6.07) is 5.63. The lowest BCUT2D eigenvalue weighted by atomic mass is 9.98. The van der Waals surface area contributed by atoms with E-state index in [-0.39, 0.29) is 11.9 Å². The van der Waals surface area contributed by atoms with Crippen LogP contribution < -0.4 is 10.6 Å². The number of amides is 1. The zero-order valence-corrected chi connectivity index (χ0v) is 11.1. The van der Waals surface area contributed by atoms with Crippen LogP contribution in [0.1, 0.15) is 22.7 Å². The molecule has 4 nitrogen and oxygen atoms in total. The lowest BCUT2D eigenvalue weighted by molar-refractivity contribution is -0.115. The molecule has 0 spiro atoms. The Bertz CT molecular complexity index is 623. The summed E-state index contributed by atoms with van der Waals surface area (Å²) >= 11 is 6.32. The van der Waals surface area contributed by atoms with Gasteiger partial charge < -0.3 is 15.1 Å². The molecule has 1 unspecified atom stereocenters. The van der Waals surface area contributed by atoms with Gasteiger partial charge in [-0.05, 0) is 36.4 Å². The Morgan fingerprint density at radius 2 is 2.32 bits per heavy atom. The summed E-state index contributed by atoms with van der Waals surface area (Å²) in [4.78, 5) is 11.4. The highest BCUT2D eigenvalue weighted by molar-refractivity contribution is 6.32. The molecule has 0 saturated heterocycles. The van der Waals surface area contributed by atoms with Crippen molar-refractivity contribution in [2.75, 3.05) is 12.4 Å². The van der Waals surface area contributed by atoms with Crippen molar-refractivity contribution < 1.29 is 9.21 Å². The van der Waals surface area contributed by atoms with Crippen LogP contribution in [0.3, 0.4) is 0 Å². The monoisotopic (exact) mass is 276 g/mol. The van der Waals surface area contributed by atoms with Gasteiger partial charge in [0.1, 0.15) is 0 Å². The van der Waals surface area contributed by atoms with Gasteiger partial charge in [0.05, 0.1) is 25.0 Å². The maximum absolute atomic E-state index is 11.4. The smallest absolute Gasteiger partial charge is 0.228 e. The number of furan rings is 1. The Balaban J connectivity index is 2.05. The average Bonchev–Trinajstić information content (AvgIpc) is 2.99. The van der Waals surface area contributed by atoms with E-state index in [1.165, 1.54) is 0 Å². The van der Waals surface area contributed by atoms with E-state index < -0.39 is 0 Å². The third-order valence-corrected chi connectivity index (χ3v) is 3.65. The van der Waals surface area contributed by atoms with Crippen molar-refractivity contribution in [1.29, 1.82) is 0 Å². The van der Waals surface area contributed by atoms with Crippen LogP contribution >= 0.6 is 11.6 Å². The zero-order valence-electron chi connectivity index (χ0n) is 10.4. The summed E-state index contributed by atoms with van der Waals surface area (Å²) in [5, 5.41) is 6.64. The summed E-state index contributed by atoms with van der Waals surface area (Å²) in [7, 11) is 1.87. The molecule has 0 fully saturated rings. The van der Waals surface area contributed by atoms with Crippen LogP contribution in [0.15, 0.2) is 35.1 Å². The Morgan fingerprint density at radius 3 is 3.00 bits per heavy atom. The molecule has 2 aromatic rings. The van der Waals surface area contributed by atoms with Crippen LogP contribution in [-0.2, 0) is 11.2 Å². The number of carbonyl (C=O) groups excluding carboxylic acids is 1. The molecule has 98 valence electrons. The van der Waals surface area contributed by atoms with Crippen molar-refractivity contribution in [3.05, 3.63) is 52.4 Å². The predicted molar refractivity (Wildman–Crippen MR) is 73.4 cm³/mol. The van der Waals surface area contributed by atoms with Crippen LogP contribution in [0.2, 0.25) is 5.02 Å². The molecule has 0 radical (unpaired) electrons. The Labute approximate surface area is 115 Å².